The van der Waals surface area contributed by atoms with Gasteiger partial charge in [-0.2, -0.15) is 0 Å². The fourth-order valence-corrected chi connectivity index (χ4v) is 4.42. The highest BCUT2D eigenvalue weighted by molar-refractivity contribution is 5.98. The van der Waals surface area contributed by atoms with E-state index >= 15 is 0 Å². The summed E-state index contributed by atoms with van der Waals surface area (Å²) in [5.74, 6) is -0.198. The largest absolute Gasteiger partial charge is 0.507 e. The Kier molecular flexibility index (Phi) is 5.96. The molecule has 0 spiro atoms. The Hall–Kier alpha value is -2.50. The summed E-state index contributed by atoms with van der Waals surface area (Å²) >= 11 is 0. The van der Waals surface area contributed by atoms with Crippen molar-refractivity contribution in [1.82, 2.24) is 0 Å². The Morgan fingerprint density at radius 2 is 2.18 bits per heavy atom. The number of carbonyl (C=O) groups is 2. The molecule has 0 saturated heterocycles. The fraction of sp³-hybridized carbons (Fsp3) is 0.545. The van der Waals surface area contributed by atoms with Gasteiger partial charge in [0.05, 0.1) is 19.6 Å². The van der Waals surface area contributed by atoms with Gasteiger partial charge in [-0.05, 0) is 51.0 Å². The molecule has 1 aliphatic heterocycles. The second kappa shape index (κ2) is 8.25. The predicted molar refractivity (Wildman–Crippen MR) is 103 cm³/mol. The first-order valence-electron chi connectivity index (χ1n) is 9.84. The Morgan fingerprint density at radius 3 is 2.86 bits per heavy atom. The summed E-state index contributed by atoms with van der Waals surface area (Å²) in [5.41, 5.74) is 3.53. The smallest absolute Gasteiger partial charge is 0.342 e. The summed E-state index contributed by atoms with van der Waals surface area (Å²) in [6.07, 6.45) is 5.39. The van der Waals surface area contributed by atoms with E-state index < -0.39 is 5.97 Å². The molecule has 1 saturated carbocycles. The van der Waals surface area contributed by atoms with Crippen molar-refractivity contribution in [3.8, 4) is 11.5 Å². The van der Waals surface area contributed by atoms with Crippen LogP contribution in [0.15, 0.2) is 11.6 Å². The summed E-state index contributed by atoms with van der Waals surface area (Å²) in [5, 5.41) is 10.7. The number of phenols is 1. The van der Waals surface area contributed by atoms with E-state index in [-0.39, 0.29) is 35.7 Å². The Morgan fingerprint density at radius 1 is 1.43 bits per heavy atom. The lowest BCUT2D eigenvalue weighted by Gasteiger charge is -2.20. The molecule has 1 aliphatic carbocycles. The number of ether oxygens (including phenoxy) is 3. The van der Waals surface area contributed by atoms with Crippen LogP contribution in [0.25, 0.3) is 0 Å². The fourth-order valence-electron chi connectivity index (χ4n) is 4.42. The van der Waals surface area contributed by atoms with E-state index in [4.69, 9.17) is 14.2 Å². The van der Waals surface area contributed by atoms with Gasteiger partial charge in [-0.15, -0.1) is 0 Å². The van der Waals surface area contributed by atoms with E-state index in [0.717, 1.165) is 24.8 Å². The number of hydrogen-bond donors (Lipinski definition) is 1. The minimum Gasteiger partial charge on any atom is -0.507 e. The van der Waals surface area contributed by atoms with E-state index in [1.807, 2.05) is 20.8 Å². The second-order valence-electron chi connectivity index (χ2n) is 7.44. The minimum absolute atomic E-state index is 0.0650. The van der Waals surface area contributed by atoms with Gasteiger partial charge in [-0.1, -0.05) is 18.6 Å². The van der Waals surface area contributed by atoms with Crippen molar-refractivity contribution < 1.29 is 28.9 Å². The Bertz CT molecular complexity index is 823. The molecule has 1 aromatic carbocycles. The van der Waals surface area contributed by atoms with Crippen LogP contribution in [0.3, 0.4) is 0 Å². The van der Waals surface area contributed by atoms with Crippen molar-refractivity contribution >= 4 is 11.9 Å². The predicted octanol–water partition coefficient (Wildman–Crippen LogP) is 3.85. The number of fused-ring (bicyclic) bond motifs is 1. The van der Waals surface area contributed by atoms with Gasteiger partial charge in [0.15, 0.2) is 0 Å². The number of benzene rings is 1. The maximum Gasteiger partial charge on any atom is 0.342 e. The van der Waals surface area contributed by atoms with Crippen molar-refractivity contribution in [1.29, 1.82) is 0 Å². The molecule has 0 aromatic heterocycles. The third-order valence-corrected chi connectivity index (χ3v) is 5.93. The highest BCUT2D eigenvalue weighted by Crippen LogP contribution is 2.43. The van der Waals surface area contributed by atoms with Crippen LogP contribution in [0, 0.1) is 18.8 Å². The molecule has 2 atom stereocenters. The SMILES string of the molecule is CCOC(=O)C(C)[C@@H]1CCC/C1=C\Cc1c(O)c2c(c(C)c1OC)COC2=O. The van der Waals surface area contributed by atoms with Crippen LogP contribution >= 0.6 is 0 Å². The zero-order valence-electron chi connectivity index (χ0n) is 17.0. The van der Waals surface area contributed by atoms with Gasteiger partial charge in [-0.25, -0.2) is 4.79 Å². The zero-order chi connectivity index (χ0) is 20.4. The summed E-state index contributed by atoms with van der Waals surface area (Å²) in [6, 6.07) is 0. The number of phenolic OH excluding ortho intramolecular Hbond substituents is 1. The van der Waals surface area contributed by atoms with Crippen LogP contribution in [0.1, 0.15) is 60.2 Å². The Balaban J connectivity index is 1.91. The highest BCUT2D eigenvalue weighted by atomic mass is 16.5. The van der Waals surface area contributed by atoms with Gasteiger partial charge in [0, 0.05) is 11.1 Å². The number of cyclic esters (lactones) is 1. The molecule has 28 heavy (non-hydrogen) atoms. The van der Waals surface area contributed by atoms with E-state index in [1.54, 1.807) is 7.11 Å². The number of esters is 2. The molecule has 6 heteroatoms. The number of allylic oxidation sites excluding steroid dienone is 2. The molecular weight excluding hydrogens is 360 g/mol. The molecule has 1 fully saturated rings. The van der Waals surface area contributed by atoms with Gasteiger partial charge in [0.2, 0.25) is 0 Å². The van der Waals surface area contributed by atoms with Crippen LogP contribution in [0.5, 0.6) is 11.5 Å². The summed E-state index contributed by atoms with van der Waals surface area (Å²) in [7, 11) is 1.56. The average molecular weight is 388 g/mol. The van der Waals surface area contributed by atoms with Crippen LogP contribution in [-0.2, 0) is 27.3 Å². The normalized spacial score (nSPS) is 20.8. The molecule has 1 aromatic rings. The molecule has 1 N–H and O–H groups in total. The topological polar surface area (TPSA) is 82.1 Å². The van der Waals surface area contributed by atoms with E-state index in [2.05, 4.69) is 6.08 Å². The van der Waals surface area contributed by atoms with Crippen molar-refractivity contribution in [2.45, 2.75) is 53.1 Å². The van der Waals surface area contributed by atoms with Crippen molar-refractivity contribution in [2.24, 2.45) is 11.8 Å². The van der Waals surface area contributed by atoms with Crippen LogP contribution < -0.4 is 4.74 Å². The van der Waals surface area contributed by atoms with Gasteiger partial charge in [0.25, 0.3) is 0 Å². The number of carbonyl (C=O) groups excluding carboxylic acids is 2. The lowest BCUT2D eigenvalue weighted by atomic mass is 9.87. The lowest BCUT2D eigenvalue weighted by molar-refractivity contribution is -0.148. The average Bonchev–Trinajstić information content (AvgIpc) is 3.29. The first kappa shape index (κ1) is 20.2. The third-order valence-electron chi connectivity index (χ3n) is 5.93. The monoisotopic (exact) mass is 388 g/mol. The first-order chi connectivity index (χ1) is 13.4. The molecule has 0 amide bonds. The van der Waals surface area contributed by atoms with Gasteiger partial charge >= 0.3 is 11.9 Å². The number of aromatic hydroxyl groups is 1. The second-order valence-corrected chi connectivity index (χ2v) is 7.44. The summed E-state index contributed by atoms with van der Waals surface area (Å²) < 4.78 is 15.8. The molecule has 2 aliphatic rings. The van der Waals surface area contributed by atoms with E-state index in [1.165, 1.54) is 5.57 Å². The molecule has 152 valence electrons. The minimum atomic E-state index is -0.498. The van der Waals surface area contributed by atoms with Gasteiger partial charge in [0.1, 0.15) is 23.7 Å². The lowest BCUT2D eigenvalue weighted by Crippen LogP contribution is -2.22. The maximum absolute atomic E-state index is 12.2. The summed E-state index contributed by atoms with van der Waals surface area (Å²) in [4.78, 5) is 24.2. The molecule has 0 radical (unpaired) electrons. The molecule has 0 bridgehead atoms. The highest BCUT2D eigenvalue weighted by Gasteiger charge is 2.33. The van der Waals surface area contributed by atoms with Gasteiger partial charge in [-0.3, -0.25) is 4.79 Å². The zero-order valence-corrected chi connectivity index (χ0v) is 17.0. The molecular formula is C22H28O6. The third kappa shape index (κ3) is 3.48. The number of methoxy groups -OCH3 is 1. The van der Waals surface area contributed by atoms with Crippen LogP contribution in [-0.4, -0.2) is 30.8 Å². The summed E-state index contributed by atoms with van der Waals surface area (Å²) in [6.45, 7) is 6.13. The van der Waals surface area contributed by atoms with Crippen LogP contribution in [0.4, 0.5) is 0 Å². The molecule has 3 rings (SSSR count). The molecule has 1 heterocycles. The quantitative estimate of drug-likeness (QED) is 0.589. The van der Waals surface area contributed by atoms with Gasteiger partial charge < -0.3 is 19.3 Å². The van der Waals surface area contributed by atoms with Crippen molar-refractivity contribution in [3.63, 3.8) is 0 Å². The van der Waals surface area contributed by atoms with Crippen molar-refractivity contribution in [2.75, 3.05) is 13.7 Å². The van der Waals surface area contributed by atoms with Crippen LogP contribution in [0.2, 0.25) is 0 Å². The number of hydrogen-bond acceptors (Lipinski definition) is 6. The van der Waals surface area contributed by atoms with E-state index in [9.17, 15) is 14.7 Å². The van der Waals surface area contributed by atoms with E-state index in [0.29, 0.717) is 29.9 Å². The van der Waals surface area contributed by atoms with Crippen molar-refractivity contribution in [3.05, 3.63) is 33.9 Å². The Labute approximate surface area is 165 Å². The molecule has 1 unspecified atom stereocenters. The molecule has 6 nitrogen and oxygen atoms in total. The standard InChI is InChI=1S/C22H28O6/c1-5-27-21(24)13(3)15-8-6-7-14(15)9-10-16-19(23)18-17(11-28-22(18)25)12(2)20(16)26-4/h9,13,15,23H,5-8,10-11H2,1-4H3/b14-9+/t13?,15-/m0/s1. The maximum atomic E-state index is 12.2. The number of rotatable bonds is 6. The first-order valence-corrected chi connectivity index (χ1v) is 9.84.